The summed E-state index contributed by atoms with van der Waals surface area (Å²) in [5, 5.41) is 7.98. The van der Waals surface area contributed by atoms with Crippen molar-refractivity contribution >= 4 is 29.2 Å². The molecule has 13 heteroatoms. The van der Waals surface area contributed by atoms with Crippen molar-refractivity contribution in [2.45, 2.75) is 12.4 Å². The van der Waals surface area contributed by atoms with E-state index in [-0.39, 0.29) is 11.8 Å². The Morgan fingerprint density at radius 1 is 0.960 bits per heavy atom. The molecule has 0 aliphatic heterocycles. The van der Waals surface area contributed by atoms with E-state index in [1.54, 1.807) is 10.6 Å². The molecule has 6 nitrogen and oxygen atoms in total. The van der Waals surface area contributed by atoms with Crippen molar-refractivity contribution in [2.24, 2.45) is 0 Å². The number of hydrogen-bond acceptors (Lipinski definition) is 5. The number of nitrogens with zero attached hydrogens (tertiary/aromatic N) is 2. The minimum absolute atomic E-state index is 0.0881. The van der Waals surface area contributed by atoms with E-state index in [0.29, 0.717) is 12.1 Å². The number of hydrogen-bond donors (Lipinski definition) is 2. The molecular weight excluding hydrogens is 378 g/mol. The van der Waals surface area contributed by atoms with E-state index < -0.39 is 41.1 Å². The molecule has 0 unspecified atom stereocenters. The van der Waals surface area contributed by atoms with Crippen LogP contribution in [0.5, 0.6) is 0 Å². The molecule has 0 saturated carbocycles. The Balaban J connectivity index is 2.23. The number of urea groups is 1. The number of carbonyl (C=O) groups is 2. The fourth-order valence-corrected chi connectivity index (χ4v) is 2.06. The van der Waals surface area contributed by atoms with Gasteiger partial charge in [0.05, 0.1) is 11.1 Å². The van der Waals surface area contributed by atoms with Gasteiger partial charge in [-0.3, -0.25) is 10.1 Å². The first-order valence-electron chi connectivity index (χ1n) is 6.15. The van der Waals surface area contributed by atoms with Gasteiger partial charge in [-0.05, 0) is 29.7 Å². The highest BCUT2D eigenvalue weighted by Crippen LogP contribution is 2.37. The minimum Gasteiger partial charge on any atom is -0.308 e. The second-order valence-corrected chi connectivity index (χ2v) is 5.10. The van der Waals surface area contributed by atoms with Crippen molar-refractivity contribution in [1.29, 1.82) is 0 Å². The number of amides is 3. The second-order valence-electron chi connectivity index (χ2n) is 4.49. The molecule has 1 aromatic carbocycles. The first kappa shape index (κ1) is 18.6. The van der Waals surface area contributed by atoms with Gasteiger partial charge in [0.25, 0.3) is 5.91 Å². The van der Waals surface area contributed by atoms with E-state index in [2.05, 4.69) is 9.59 Å². The van der Waals surface area contributed by atoms with E-state index in [4.69, 9.17) is 0 Å². The molecule has 0 aliphatic carbocycles. The van der Waals surface area contributed by atoms with Gasteiger partial charge in [-0.1, -0.05) is 4.49 Å². The van der Waals surface area contributed by atoms with Crippen molar-refractivity contribution in [3.8, 4) is 0 Å². The third kappa shape index (κ3) is 4.89. The van der Waals surface area contributed by atoms with Gasteiger partial charge in [-0.15, -0.1) is 5.10 Å². The highest BCUT2D eigenvalue weighted by Gasteiger charge is 2.37. The summed E-state index contributed by atoms with van der Waals surface area (Å²) in [7, 11) is 0. The first-order valence-corrected chi connectivity index (χ1v) is 6.99. The monoisotopic (exact) mass is 384 g/mol. The highest BCUT2D eigenvalue weighted by molar-refractivity contribution is 7.03. The lowest BCUT2D eigenvalue weighted by Gasteiger charge is -2.14. The smallest absolute Gasteiger partial charge is 0.308 e. The molecule has 2 N–H and O–H groups in total. The van der Waals surface area contributed by atoms with Crippen LogP contribution in [-0.2, 0) is 12.4 Å². The fourth-order valence-electron chi connectivity index (χ4n) is 1.62. The minimum atomic E-state index is -5.06. The molecule has 3 amide bonds. The van der Waals surface area contributed by atoms with Crippen LogP contribution in [0.3, 0.4) is 0 Å². The van der Waals surface area contributed by atoms with E-state index in [0.717, 1.165) is 11.5 Å². The van der Waals surface area contributed by atoms with E-state index in [1.807, 2.05) is 0 Å². The summed E-state index contributed by atoms with van der Waals surface area (Å²) in [6.07, 6.45) is -10.1. The number of carbonyl (C=O) groups excluding carboxylic acids is 2. The highest BCUT2D eigenvalue weighted by atomic mass is 32.1. The molecular formula is C12H6F6N4O2S. The molecule has 25 heavy (non-hydrogen) atoms. The Hall–Kier alpha value is -2.70. The van der Waals surface area contributed by atoms with Crippen LogP contribution in [-0.4, -0.2) is 21.5 Å². The van der Waals surface area contributed by atoms with Crippen LogP contribution in [0.2, 0.25) is 0 Å². The molecule has 1 aromatic heterocycles. The lowest BCUT2D eigenvalue weighted by Crippen LogP contribution is -2.34. The third-order valence-corrected chi connectivity index (χ3v) is 3.17. The topological polar surface area (TPSA) is 84.0 Å². The number of anilines is 1. The largest absolute Gasteiger partial charge is 0.416 e. The summed E-state index contributed by atoms with van der Waals surface area (Å²) < 4.78 is 79.6. The van der Waals surface area contributed by atoms with Crippen LogP contribution < -0.4 is 10.6 Å². The fraction of sp³-hybridized carbons (Fsp3) is 0.167. The zero-order valence-electron chi connectivity index (χ0n) is 11.7. The molecule has 0 fully saturated rings. The summed E-state index contributed by atoms with van der Waals surface area (Å²) in [4.78, 5) is 23.1. The number of halogens is 6. The third-order valence-electron chi connectivity index (χ3n) is 2.67. The lowest BCUT2D eigenvalue weighted by molar-refractivity contribution is -0.143. The molecule has 2 aromatic rings. The summed E-state index contributed by atoms with van der Waals surface area (Å²) in [5.74, 6) is -1.02. The van der Waals surface area contributed by atoms with Gasteiger partial charge in [-0.2, -0.15) is 26.3 Å². The lowest BCUT2D eigenvalue weighted by atomic mass is 10.1. The van der Waals surface area contributed by atoms with Gasteiger partial charge in [0, 0.05) is 11.1 Å². The van der Waals surface area contributed by atoms with Gasteiger partial charge >= 0.3 is 18.4 Å². The Bertz CT molecular complexity index is 756. The number of imide groups is 1. The Morgan fingerprint density at radius 3 is 1.96 bits per heavy atom. The maximum atomic E-state index is 12.7. The molecule has 0 atom stereocenters. The quantitative estimate of drug-likeness (QED) is 0.776. The van der Waals surface area contributed by atoms with Gasteiger partial charge in [0.1, 0.15) is 0 Å². The zero-order valence-corrected chi connectivity index (χ0v) is 12.5. The molecule has 2 rings (SSSR count). The normalized spacial score (nSPS) is 11.9. The van der Waals surface area contributed by atoms with Crippen molar-refractivity contribution in [3.63, 3.8) is 0 Å². The predicted molar refractivity (Wildman–Crippen MR) is 72.8 cm³/mol. The average molecular weight is 384 g/mol. The van der Waals surface area contributed by atoms with E-state index >= 15 is 0 Å². The van der Waals surface area contributed by atoms with E-state index in [9.17, 15) is 35.9 Å². The van der Waals surface area contributed by atoms with Crippen LogP contribution >= 0.6 is 11.5 Å². The SMILES string of the molecule is O=C(NC(=O)c1csnn1)Nc1cc(C(F)(F)F)cc(C(F)(F)F)c1. The van der Waals surface area contributed by atoms with Crippen LogP contribution in [0.15, 0.2) is 23.6 Å². The standard InChI is InChI=1S/C12H6F6N4O2S/c13-11(14,15)5-1-6(12(16,17)18)3-7(2-5)19-10(24)20-9(23)8-4-25-22-21-8/h1-4H,(H2,19,20,23,24). The molecule has 0 saturated heterocycles. The summed E-state index contributed by atoms with van der Waals surface area (Å²) in [5.41, 5.74) is -4.23. The van der Waals surface area contributed by atoms with Crippen LogP contribution in [0, 0.1) is 0 Å². The number of aromatic nitrogens is 2. The van der Waals surface area contributed by atoms with Gasteiger partial charge in [0.2, 0.25) is 0 Å². The average Bonchev–Trinajstić information content (AvgIpc) is 2.99. The molecule has 134 valence electrons. The van der Waals surface area contributed by atoms with Crippen LogP contribution in [0.4, 0.5) is 36.8 Å². The maximum absolute atomic E-state index is 12.7. The van der Waals surface area contributed by atoms with Crippen molar-refractivity contribution < 1.29 is 35.9 Å². The Labute approximate surface area is 139 Å². The Morgan fingerprint density at radius 2 is 1.52 bits per heavy atom. The summed E-state index contributed by atoms with van der Waals surface area (Å²) in [6.45, 7) is 0. The van der Waals surface area contributed by atoms with Crippen molar-refractivity contribution in [1.82, 2.24) is 14.9 Å². The zero-order chi connectivity index (χ0) is 18.8. The summed E-state index contributed by atoms with van der Waals surface area (Å²) >= 11 is 0.805. The van der Waals surface area contributed by atoms with Crippen LogP contribution in [0.1, 0.15) is 21.6 Å². The van der Waals surface area contributed by atoms with Gasteiger partial charge in [-0.25, -0.2) is 4.79 Å². The number of benzene rings is 1. The predicted octanol–water partition coefficient (Wildman–Crippen LogP) is 3.54. The Kier molecular flexibility index (Phi) is 4.97. The number of alkyl halides is 6. The maximum Gasteiger partial charge on any atom is 0.416 e. The first-order chi connectivity index (χ1) is 11.5. The molecule has 0 bridgehead atoms. The van der Waals surface area contributed by atoms with Crippen molar-refractivity contribution in [2.75, 3.05) is 5.32 Å². The molecule has 1 heterocycles. The van der Waals surface area contributed by atoms with Crippen LogP contribution in [0.25, 0.3) is 0 Å². The molecule has 0 spiro atoms. The number of nitrogens with one attached hydrogen (secondary N) is 2. The number of rotatable bonds is 2. The van der Waals surface area contributed by atoms with E-state index in [1.165, 1.54) is 5.38 Å². The molecule has 0 aliphatic rings. The summed E-state index contributed by atoms with van der Waals surface area (Å²) in [6, 6.07) is -0.798. The molecule has 0 radical (unpaired) electrons. The van der Waals surface area contributed by atoms with Gasteiger partial charge in [0.15, 0.2) is 5.69 Å². The second kappa shape index (κ2) is 6.66. The van der Waals surface area contributed by atoms with Gasteiger partial charge < -0.3 is 5.32 Å². The van der Waals surface area contributed by atoms with Crippen molar-refractivity contribution in [3.05, 3.63) is 40.4 Å².